The van der Waals surface area contributed by atoms with E-state index in [1.54, 1.807) is 0 Å². The summed E-state index contributed by atoms with van der Waals surface area (Å²) in [6.07, 6.45) is -49.8. The highest BCUT2D eigenvalue weighted by Crippen LogP contribution is 2.41. The van der Waals surface area contributed by atoms with E-state index in [4.69, 9.17) is 52.1 Å². The van der Waals surface area contributed by atoms with Crippen LogP contribution >= 0.6 is 0 Å². The maximum absolute atomic E-state index is 12.6. The minimum absolute atomic E-state index is 0.590. The number of rotatable bonds is 19. The summed E-state index contributed by atoms with van der Waals surface area (Å²) in [6.45, 7) is -2.30. The number of carbonyl (C=O) groups excluding carboxylic acids is 3. The molecule has 0 unspecified atom stereocenters. The number of hydrogen-bond acceptors (Lipinski definition) is 31. The van der Waals surface area contributed by atoms with E-state index in [9.17, 15) is 96.1 Å². The molecule has 7 aliphatic rings. The molecule has 438 valence electrons. The van der Waals surface area contributed by atoms with Crippen LogP contribution in [0.5, 0.6) is 0 Å². The zero-order valence-electron chi connectivity index (χ0n) is 40.9. The first-order valence-corrected chi connectivity index (χ1v) is 24.2. The summed E-state index contributed by atoms with van der Waals surface area (Å²) < 4.78 is 64.3. The van der Waals surface area contributed by atoms with Crippen LogP contribution < -0.4 is 21.3 Å². The summed E-state index contributed by atoms with van der Waals surface area (Å²) in [5, 5.41) is 183. The molecule has 0 aromatic heterocycles. The van der Waals surface area contributed by atoms with Gasteiger partial charge in [-0.1, -0.05) is 0 Å². The fourth-order valence-corrected chi connectivity index (χ4v) is 10.0. The van der Waals surface area contributed by atoms with E-state index in [1.807, 2.05) is 0 Å². The fraction of sp³-hybridized carbons (Fsp3) is 0.929. The SMILES string of the molecule is CC(=O)N[C@H]1[C@H](O[C@@H]2[C@@H](CO)O[C@@H]3N[C@@]3(NC(C)=O)[C@H]2O)O[C@H](CO)[C@@H](O[C@@H]2O[C@H](CO[C@H]3O[C@H](CO)[C@@H](O)[C@H](O)[C@@H]3O[C@H]3O[C@H](CO)[C@@H](O)[C@H](O)[C@H]3NC(C)=O)[C@@H](O)[C@H](O[C@H]3O[C@H](CO)[C@@H](O)[C@H](O)[C@@H]3O)[C@@H]2O)[C@@H]1O. The van der Waals surface area contributed by atoms with Crippen LogP contribution in [-0.4, -0.2) is 323 Å². The van der Waals surface area contributed by atoms with Crippen molar-refractivity contribution in [2.45, 2.75) is 204 Å². The lowest BCUT2D eigenvalue weighted by Crippen LogP contribution is -2.70. The molecule has 7 heterocycles. The van der Waals surface area contributed by atoms with Gasteiger partial charge in [-0.3, -0.25) is 19.7 Å². The van der Waals surface area contributed by atoms with Gasteiger partial charge < -0.3 is 150 Å². The first-order chi connectivity index (χ1) is 35.9. The summed E-state index contributed by atoms with van der Waals surface area (Å²) in [5.74, 6) is -2.16. The number of carbonyl (C=O) groups is 3. The molecule has 3 amide bonds. The van der Waals surface area contributed by atoms with Gasteiger partial charge in [-0.25, -0.2) is 0 Å². The van der Waals surface area contributed by atoms with E-state index in [-0.39, 0.29) is 0 Å². The Balaban J connectivity index is 1.16. The van der Waals surface area contributed by atoms with Gasteiger partial charge in [0.2, 0.25) is 17.7 Å². The highest BCUT2D eigenvalue weighted by molar-refractivity contribution is 5.75. The van der Waals surface area contributed by atoms with Gasteiger partial charge in [-0.2, -0.15) is 0 Å². The maximum Gasteiger partial charge on any atom is 0.218 e. The van der Waals surface area contributed by atoms with Gasteiger partial charge in [0.1, 0.15) is 146 Å². The molecule has 7 saturated heterocycles. The van der Waals surface area contributed by atoms with Crippen LogP contribution in [0.3, 0.4) is 0 Å². The monoisotopic (exact) mass is 1110 g/mol. The van der Waals surface area contributed by atoms with Gasteiger partial charge in [0, 0.05) is 20.8 Å². The van der Waals surface area contributed by atoms with Crippen LogP contribution in [0.25, 0.3) is 0 Å². The largest absolute Gasteiger partial charge is 0.394 e. The summed E-state index contributed by atoms with van der Waals surface area (Å²) in [5.41, 5.74) is -1.59. The second-order valence-electron chi connectivity index (χ2n) is 19.4. The first-order valence-electron chi connectivity index (χ1n) is 24.2. The lowest BCUT2D eigenvalue weighted by atomic mass is 9.94. The lowest BCUT2D eigenvalue weighted by Gasteiger charge is -2.50. The molecule has 0 spiro atoms. The molecule has 34 heteroatoms. The molecule has 0 aliphatic carbocycles. The fourth-order valence-electron chi connectivity index (χ4n) is 10.0. The zero-order chi connectivity index (χ0) is 55.8. The van der Waals surface area contributed by atoms with E-state index in [0.717, 1.165) is 20.8 Å². The zero-order valence-corrected chi connectivity index (χ0v) is 40.9. The minimum Gasteiger partial charge on any atom is -0.394 e. The minimum atomic E-state index is -2.27. The van der Waals surface area contributed by atoms with Crippen molar-refractivity contribution in [3.05, 3.63) is 0 Å². The predicted molar refractivity (Wildman–Crippen MR) is 234 cm³/mol. The van der Waals surface area contributed by atoms with Crippen LogP contribution in [0.1, 0.15) is 20.8 Å². The van der Waals surface area contributed by atoms with Crippen molar-refractivity contribution in [3.63, 3.8) is 0 Å². The number of aliphatic hydroxyl groups excluding tert-OH is 16. The van der Waals surface area contributed by atoms with E-state index in [1.165, 1.54) is 0 Å². The Labute approximate surface area is 430 Å². The lowest BCUT2D eigenvalue weighted by molar-refractivity contribution is -0.386. The Morgan fingerprint density at radius 1 is 0.421 bits per heavy atom. The Bertz CT molecular complexity index is 1940. The number of amides is 3. The third-order valence-electron chi connectivity index (χ3n) is 14.1. The highest BCUT2D eigenvalue weighted by atomic mass is 16.8. The predicted octanol–water partition coefficient (Wildman–Crippen LogP) is -13.7. The summed E-state index contributed by atoms with van der Waals surface area (Å²) in [7, 11) is 0. The highest BCUT2D eigenvalue weighted by Gasteiger charge is 2.69. The molecule has 0 bridgehead atoms. The van der Waals surface area contributed by atoms with Crippen LogP contribution in [0, 0.1) is 0 Å². The summed E-state index contributed by atoms with van der Waals surface area (Å²) in [6, 6.07) is -3.31. The van der Waals surface area contributed by atoms with Gasteiger partial charge in [-0.05, 0) is 0 Å². The smallest absolute Gasteiger partial charge is 0.218 e. The Morgan fingerprint density at radius 2 is 0.855 bits per heavy atom. The molecular formula is C42H70N4O30. The molecule has 20 N–H and O–H groups in total. The second kappa shape index (κ2) is 25.4. The van der Waals surface area contributed by atoms with Gasteiger partial charge in [0.05, 0.1) is 39.6 Å². The third-order valence-corrected chi connectivity index (χ3v) is 14.1. The van der Waals surface area contributed by atoms with Crippen LogP contribution in [0.15, 0.2) is 0 Å². The molecule has 7 rings (SSSR count). The topological polar surface area (TPSA) is 534 Å². The molecule has 34 nitrogen and oxygen atoms in total. The number of nitrogens with one attached hydrogen (secondary N) is 4. The van der Waals surface area contributed by atoms with Crippen molar-refractivity contribution in [3.8, 4) is 0 Å². The standard InChI is InChI=1S/C42H70N4O30/c1-10(52)43-19-25(59)21(55)13(4-47)67-36(19)76-34-28(62)23(57)15(6-49)69-40(34)66-9-18-24(58)33(75-38-29(63)27(61)22(56)14(5-48)68-38)30(64)39(71-18)73-31-16(7-50)70-37(20(26(31)60)44-11(2)53)74-32-17(8-51)72-41-42(46-41,35(32)65)45-12(3)54/h13-41,46-51,55-65H,4-9H2,1-3H3,(H,43,52)(H,44,53)(H,45,54)/t13-,14-,15-,16-,17-,18-,19-,20-,21-,22-,23-,24-,25-,26-,27+,28+,29+,30+,31-,32-,33+,34+,35+,36-,37+,38-,39+,40+,41+,42+/m1/s1. The molecule has 0 saturated carbocycles. The van der Waals surface area contributed by atoms with Crippen LogP contribution in [-0.2, 0) is 66.5 Å². The molecule has 76 heavy (non-hydrogen) atoms. The number of fused-ring (bicyclic) bond motifs is 1. The van der Waals surface area contributed by atoms with Gasteiger partial charge in [0.25, 0.3) is 0 Å². The quantitative estimate of drug-likeness (QED) is 0.0534. The van der Waals surface area contributed by atoms with Crippen molar-refractivity contribution in [1.82, 2.24) is 21.3 Å². The van der Waals surface area contributed by atoms with Crippen molar-refractivity contribution < 1.29 is 148 Å². The van der Waals surface area contributed by atoms with Crippen molar-refractivity contribution in [2.24, 2.45) is 0 Å². The average Bonchev–Trinajstić information content (AvgIpc) is 4.09. The van der Waals surface area contributed by atoms with Crippen LogP contribution in [0.2, 0.25) is 0 Å². The molecule has 0 aromatic carbocycles. The van der Waals surface area contributed by atoms with Crippen molar-refractivity contribution >= 4 is 17.7 Å². The molecule has 0 radical (unpaired) electrons. The van der Waals surface area contributed by atoms with Gasteiger partial charge >= 0.3 is 0 Å². The third kappa shape index (κ3) is 12.4. The molecule has 7 fully saturated rings. The van der Waals surface area contributed by atoms with E-state index >= 15 is 0 Å². The van der Waals surface area contributed by atoms with Crippen LogP contribution in [0.4, 0.5) is 0 Å². The Kier molecular flexibility index (Phi) is 20.4. The van der Waals surface area contributed by atoms with Gasteiger partial charge in [-0.15, -0.1) is 0 Å². The molecule has 0 aromatic rings. The molecular weight excluding hydrogens is 1040 g/mol. The second-order valence-corrected chi connectivity index (χ2v) is 19.4. The summed E-state index contributed by atoms with van der Waals surface area (Å²) >= 11 is 0. The normalized spacial score (nSPS) is 49.5. The van der Waals surface area contributed by atoms with E-state index in [2.05, 4.69) is 21.3 Å². The van der Waals surface area contributed by atoms with E-state index < -0.39 is 241 Å². The Morgan fingerprint density at radius 3 is 1.41 bits per heavy atom. The van der Waals surface area contributed by atoms with Gasteiger partial charge in [0.15, 0.2) is 37.1 Å². The summed E-state index contributed by atoms with van der Waals surface area (Å²) in [4.78, 5) is 36.9. The Hall–Kier alpha value is -2.71. The molecule has 30 atom stereocenters. The first kappa shape index (κ1) is 60.9. The maximum atomic E-state index is 12.6. The van der Waals surface area contributed by atoms with Crippen molar-refractivity contribution in [2.75, 3.05) is 39.6 Å². The average molecular weight is 1110 g/mol. The number of hydrogen-bond donors (Lipinski definition) is 20. The number of aliphatic hydroxyl groups is 16. The number of ether oxygens (including phenoxy) is 11. The van der Waals surface area contributed by atoms with E-state index in [0.29, 0.717) is 0 Å². The molecule has 7 aliphatic heterocycles. The van der Waals surface area contributed by atoms with Crippen molar-refractivity contribution in [1.29, 1.82) is 0 Å².